The average Bonchev–Trinajstić information content (AvgIpc) is 2.85. The summed E-state index contributed by atoms with van der Waals surface area (Å²) in [5.74, 6) is -1.23. The SMILES string of the molecule is CN1CCC(N(C)C(=O)c2cn(CC(=O)O)nn2)CC1. The highest BCUT2D eigenvalue weighted by molar-refractivity contribution is 5.92. The summed E-state index contributed by atoms with van der Waals surface area (Å²) in [7, 11) is 3.82. The first-order chi connectivity index (χ1) is 9.47. The zero-order valence-electron chi connectivity index (χ0n) is 11.7. The molecule has 110 valence electrons. The van der Waals surface area contributed by atoms with Crippen molar-refractivity contribution in [3.63, 3.8) is 0 Å². The van der Waals surface area contributed by atoms with Crippen molar-refractivity contribution < 1.29 is 14.7 Å². The lowest BCUT2D eigenvalue weighted by molar-refractivity contribution is -0.137. The van der Waals surface area contributed by atoms with E-state index in [1.807, 2.05) is 0 Å². The number of carboxylic acid groups (broad SMARTS) is 1. The standard InChI is InChI=1S/C12H19N5O3/c1-15-5-3-9(4-6-15)16(2)12(20)10-7-17(14-13-10)8-11(18)19/h7,9H,3-6,8H2,1-2H3,(H,18,19). The second-order valence-electron chi connectivity index (χ2n) is 5.15. The summed E-state index contributed by atoms with van der Waals surface area (Å²) < 4.78 is 1.15. The number of rotatable bonds is 4. The molecule has 8 nitrogen and oxygen atoms in total. The number of nitrogens with zero attached hydrogens (tertiary/aromatic N) is 5. The predicted octanol–water partition coefficient (Wildman–Crippen LogP) is -0.471. The third kappa shape index (κ3) is 3.32. The number of piperidine rings is 1. The van der Waals surface area contributed by atoms with Crippen LogP contribution in [0.2, 0.25) is 0 Å². The van der Waals surface area contributed by atoms with Crippen molar-refractivity contribution in [2.45, 2.75) is 25.4 Å². The lowest BCUT2D eigenvalue weighted by atomic mass is 10.0. The Morgan fingerprint density at radius 2 is 2.10 bits per heavy atom. The van der Waals surface area contributed by atoms with Gasteiger partial charge in [-0.3, -0.25) is 9.59 Å². The first kappa shape index (κ1) is 14.4. The highest BCUT2D eigenvalue weighted by Gasteiger charge is 2.26. The summed E-state index contributed by atoms with van der Waals surface area (Å²) in [6.45, 7) is 1.64. The molecule has 0 spiro atoms. The van der Waals surface area contributed by atoms with E-state index in [1.54, 1.807) is 11.9 Å². The molecule has 0 bridgehead atoms. The summed E-state index contributed by atoms with van der Waals surface area (Å²) in [6, 6.07) is 0.198. The van der Waals surface area contributed by atoms with Crippen molar-refractivity contribution >= 4 is 11.9 Å². The van der Waals surface area contributed by atoms with Crippen LogP contribution < -0.4 is 0 Å². The van der Waals surface area contributed by atoms with Gasteiger partial charge in [-0.25, -0.2) is 4.68 Å². The van der Waals surface area contributed by atoms with E-state index in [0.29, 0.717) is 0 Å². The minimum Gasteiger partial charge on any atom is -0.480 e. The van der Waals surface area contributed by atoms with Crippen LogP contribution in [0.1, 0.15) is 23.3 Å². The van der Waals surface area contributed by atoms with Crippen molar-refractivity contribution in [3.8, 4) is 0 Å². The van der Waals surface area contributed by atoms with E-state index in [4.69, 9.17) is 5.11 Å². The van der Waals surface area contributed by atoms with Crippen LogP contribution in [0.15, 0.2) is 6.20 Å². The number of carboxylic acids is 1. The van der Waals surface area contributed by atoms with Gasteiger partial charge < -0.3 is 14.9 Å². The molecule has 8 heteroatoms. The Balaban J connectivity index is 1.99. The number of amides is 1. The number of carbonyl (C=O) groups excluding carboxylic acids is 1. The van der Waals surface area contributed by atoms with Gasteiger partial charge in [0, 0.05) is 13.1 Å². The molecule has 1 aliphatic heterocycles. The van der Waals surface area contributed by atoms with E-state index in [2.05, 4.69) is 22.3 Å². The number of likely N-dealkylation sites (tertiary alicyclic amines) is 1. The topological polar surface area (TPSA) is 91.6 Å². The molecule has 1 amide bonds. The number of aromatic nitrogens is 3. The highest BCUT2D eigenvalue weighted by Crippen LogP contribution is 2.15. The second kappa shape index (κ2) is 6.00. The van der Waals surface area contributed by atoms with Gasteiger partial charge in [0.1, 0.15) is 6.54 Å². The Morgan fingerprint density at radius 1 is 1.45 bits per heavy atom. The molecule has 0 aliphatic carbocycles. The second-order valence-corrected chi connectivity index (χ2v) is 5.15. The minimum absolute atomic E-state index is 0.188. The third-order valence-corrected chi connectivity index (χ3v) is 3.61. The fourth-order valence-corrected chi connectivity index (χ4v) is 2.34. The Hall–Kier alpha value is -1.96. The lowest BCUT2D eigenvalue weighted by Crippen LogP contribution is -2.44. The maximum absolute atomic E-state index is 12.3. The van der Waals surface area contributed by atoms with Crippen LogP contribution in [-0.2, 0) is 11.3 Å². The maximum atomic E-state index is 12.3. The van der Waals surface area contributed by atoms with Gasteiger partial charge in [-0.15, -0.1) is 5.10 Å². The number of hydrogen-bond donors (Lipinski definition) is 1. The third-order valence-electron chi connectivity index (χ3n) is 3.61. The minimum atomic E-state index is -1.02. The molecule has 1 N–H and O–H groups in total. The van der Waals surface area contributed by atoms with Gasteiger partial charge in [0.15, 0.2) is 5.69 Å². The van der Waals surface area contributed by atoms with E-state index in [-0.39, 0.29) is 24.2 Å². The molecule has 1 fully saturated rings. The van der Waals surface area contributed by atoms with E-state index >= 15 is 0 Å². The van der Waals surface area contributed by atoms with E-state index in [0.717, 1.165) is 30.6 Å². The molecule has 1 aromatic rings. The summed E-state index contributed by atoms with van der Waals surface area (Å²) in [5.41, 5.74) is 0.188. The Labute approximate surface area is 117 Å². The number of hydrogen-bond acceptors (Lipinski definition) is 5. The van der Waals surface area contributed by atoms with Gasteiger partial charge >= 0.3 is 5.97 Å². The number of aliphatic carboxylic acids is 1. The fourth-order valence-electron chi connectivity index (χ4n) is 2.34. The normalized spacial score (nSPS) is 17.1. The maximum Gasteiger partial charge on any atom is 0.325 e. The smallest absolute Gasteiger partial charge is 0.325 e. The molecule has 20 heavy (non-hydrogen) atoms. The first-order valence-electron chi connectivity index (χ1n) is 6.55. The molecule has 0 unspecified atom stereocenters. The monoisotopic (exact) mass is 281 g/mol. The molecule has 0 aromatic carbocycles. The van der Waals surface area contributed by atoms with Crippen molar-refractivity contribution in [3.05, 3.63) is 11.9 Å². The van der Waals surface area contributed by atoms with Gasteiger partial charge in [-0.1, -0.05) is 5.21 Å². The van der Waals surface area contributed by atoms with Gasteiger partial charge in [0.25, 0.3) is 5.91 Å². The summed E-state index contributed by atoms with van der Waals surface area (Å²) in [5, 5.41) is 16.1. The highest BCUT2D eigenvalue weighted by atomic mass is 16.4. The van der Waals surface area contributed by atoms with E-state index < -0.39 is 5.97 Å². The summed E-state index contributed by atoms with van der Waals surface area (Å²) in [4.78, 5) is 26.8. The molecule has 0 radical (unpaired) electrons. The predicted molar refractivity (Wildman–Crippen MR) is 70.3 cm³/mol. The van der Waals surface area contributed by atoms with Crippen LogP contribution in [-0.4, -0.2) is 75.0 Å². The Kier molecular flexibility index (Phi) is 4.33. The van der Waals surface area contributed by atoms with Crippen LogP contribution in [0.4, 0.5) is 0 Å². The van der Waals surface area contributed by atoms with Gasteiger partial charge in [0.05, 0.1) is 6.20 Å². The summed E-state index contributed by atoms with van der Waals surface area (Å²) >= 11 is 0. The molecule has 2 heterocycles. The zero-order chi connectivity index (χ0) is 14.7. The number of carbonyl (C=O) groups is 2. The van der Waals surface area contributed by atoms with Crippen LogP contribution >= 0.6 is 0 Å². The van der Waals surface area contributed by atoms with Gasteiger partial charge in [0.2, 0.25) is 0 Å². The molecule has 0 saturated carbocycles. The van der Waals surface area contributed by atoms with E-state index in [9.17, 15) is 9.59 Å². The molecular formula is C12H19N5O3. The van der Waals surface area contributed by atoms with Crippen molar-refractivity contribution in [1.82, 2.24) is 24.8 Å². The molecule has 1 aromatic heterocycles. The fraction of sp³-hybridized carbons (Fsp3) is 0.667. The van der Waals surface area contributed by atoms with Crippen LogP contribution in [0.5, 0.6) is 0 Å². The quantitative estimate of drug-likeness (QED) is 0.802. The summed E-state index contributed by atoms with van der Waals surface area (Å²) in [6.07, 6.45) is 3.24. The lowest BCUT2D eigenvalue weighted by Gasteiger charge is -2.34. The molecule has 1 aliphatic rings. The van der Waals surface area contributed by atoms with Crippen LogP contribution in [0.3, 0.4) is 0 Å². The van der Waals surface area contributed by atoms with Crippen molar-refractivity contribution in [2.24, 2.45) is 0 Å². The Bertz CT molecular complexity index is 493. The van der Waals surface area contributed by atoms with Crippen LogP contribution in [0.25, 0.3) is 0 Å². The van der Waals surface area contributed by atoms with E-state index in [1.165, 1.54) is 6.20 Å². The van der Waals surface area contributed by atoms with Crippen molar-refractivity contribution in [1.29, 1.82) is 0 Å². The van der Waals surface area contributed by atoms with Gasteiger partial charge in [-0.2, -0.15) is 0 Å². The first-order valence-corrected chi connectivity index (χ1v) is 6.55. The van der Waals surface area contributed by atoms with Crippen LogP contribution in [0, 0.1) is 0 Å². The average molecular weight is 281 g/mol. The molecule has 2 rings (SSSR count). The van der Waals surface area contributed by atoms with Gasteiger partial charge in [-0.05, 0) is 33.0 Å². The molecular weight excluding hydrogens is 262 g/mol. The van der Waals surface area contributed by atoms with Crippen molar-refractivity contribution in [2.75, 3.05) is 27.2 Å². The zero-order valence-corrected chi connectivity index (χ0v) is 11.7. The molecule has 1 saturated heterocycles. The molecule has 0 atom stereocenters. The largest absolute Gasteiger partial charge is 0.480 e. The Morgan fingerprint density at radius 3 is 2.70 bits per heavy atom.